The average Bonchev–Trinajstić information content (AvgIpc) is 3.09. The van der Waals surface area contributed by atoms with Gasteiger partial charge in [-0.15, -0.1) is 0 Å². The molecule has 6 nitrogen and oxygen atoms in total. The zero-order valence-electron chi connectivity index (χ0n) is 13.2. The molecule has 0 atom stereocenters. The largest absolute Gasteiger partial charge is 0.382 e. The number of benzene rings is 1. The molecule has 0 amide bonds. The molecule has 0 radical (unpaired) electrons. The molecule has 120 valence electrons. The van der Waals surface area contributed by atoms with E-state index in [1.54, 1.807) is 21.3 Å². The van der Waals surface area contributed by atoms with Gasteiger partial charge in [-0.25, -0.2) is 13.9 Å². The summed E-state index contributed by atoms with van der Waals surface area (Å²) in [6, 6.07) is 10.0. The zero-order valence-corrected chi connectivity index (χ0v) is 13.2. The number of aromatic nitrogens is 5. The minimum Gasteiger partial charge on any atom is -0.382 e. The lowest BCUT2D eigenvalue weighted by Gasteiger charge is -2.04. The minimum atomic E-state index is -0.278. The maximum atomic E-state index is 13.2. The molecule has 0 fully saturated rings. The van der Waals surface area contributed by atoms with Crippen molar-refractivity contribution < 1.29 is 4.39 Å². The first-order valence-electron chi connectivity index (χ1n) is 7.45. The second kappa shape index (κ2) is 5.16. The van der Waals surface area contributed by atoms with Crippen LogP contribution < -0.4 is 5.73 Å². The molecular formula is C17H15FN6. The number of nitrogens with two attached hydrogens (primary N) is 1. The summed E-state index contributed by atoms with van der Waals surface area (Å²) in [6.07, 6.45) is 1.89. The molecular weight excluding hydrogens is 307 g/mol. The van der Waals surface area contributed by atoms with Gasteiger partial charge < -0.3 is 5.73 Å². The van der Waals surface area contributed by atoms with E-state index in [2.05, 4.69) is 15.2 Å². The van der Waals surface area contributed by atoms with E-state index in [4.69, 9.17) is 5.73 Å². The fraction of sp³-hybridized carbons (Fsp3) is 0.118. The highest BCUT2D eigenvalue weighted by Crippen LogP contribution is 2.30. The third-order valence-corrected chi connectivity index (χ3v) is 3.96. The van der Waals surface area contributed by atoms with Crippen LogP contribution in [0, 0.1) is 12.7 Å². The molecule has 24 heavy (non-hydrogen) atoms. The molecule has 0 aliphatic heterocycles. The highest BCUT2D eigenvalue weighted by Gasteiger charge is 2.15. The van der Waals surface area contributed by atoms with Crippen LogP contribution in [0.2, 0.25) is 0 Å². The average molecular weight is 322 g/mol. The maximum absolute atomic E-state index is 13.2. The Hall–Kier alpha value is -3.22. The number of halogens is 1. The van der Waals surface area contributed by atoms with E-state index in [0.717, 1.165) is 28.2 Å². The molecule has 0 aliphatic carbocycles. The van der Waals surface area contributed by atoms with Gasteiger partial charge in [-0.2, -0.15) is 10.2 Å². The Morgan fingerprint density at radius 2 is 1.79 bits per heavy atom. The second-order valence-electron chi connectivity index (χ2n) is 5.64. The predicted molar refractivity (Wildman–Crippen MR) is 89.7 cm³/mol. The molecule has 2 N–H and O–H groups in total. The van der Waals surface area contributed by atoms with Crippen molar-refractivity contribution in [3.05, 3.63) is 54.1 Å². The summed E-state index contributed by atoms with van der Waals surface area (Å²) in [7, 11) is 1.84. The van der Waals surface area contributed by atoms with E-state index < -0.39 is 0 Å². The van der Waals surface area contributed by atoms with Crippen molar-refractivity contribution in [1.29, 1.82) is 0 Å². The van der Waals surface area contributed by atoms with Crippen molar-refractivity contribution in [2.45, 2.75) is 6.92 Å². The van der Waals surface area contributed by atoms with Crippen molar-refractivity contribution in [2.75, 3.05) is 5.73 Å². The van der Waals surface area contributed by atoms with Crippen LogP contribution in [0.4, 0.5) is 10.2 Å². The monoisotopic (exact) mass is 322 g/mol. The number of anilines is 1. The van der Waals surface area contributed by atoms with Crippen molar-refractivity contribution >= 4 is 11.5 Å². The predicted octanol–water partition coefficient (Wildman–Crippen LogP) is 2.83. The second-order valence-corrected chi connectivity index (χ2v) is 5.64. The summed E-state index contributed by atoms with van der Waals surface area (Å²) in [5, 5.41) is 9.13. The number of nitrogens with zero attached hydrogens (tertiary/aromatic N) is 5. The normalized spacial score (nSPS) is 11.3. The van der Waals surface area contributed by atoms with E-state index in [1.807, 2.05) is 32.3 Å². The first kappa shape index (κ1) is 14.4. The first-order valence-corrected chi connectivity index (χ1v) is 7.45. The molecule has 3 heterocycles. The van der Waals surface area contributed by atoms with E-state index in [1.165, 1.54) is 12.1 Å². The van der Waals surface area contributed by atoms with Gasteiger partial charge in [0.05, 0.1) is 11.4 Å². The fourth-order valence-electron chi connectivity index (χ4n) is 2.70. The summed E-state index contributed by atoms with van der Waals surface area (Å²) in [4.78, 5) is 4.26. The summed E-state index contributed by atoms with van der Waals surface area (Å²) in [6.45, 7) is 1.87. The first-order chi connectivity index (χ1) is 11.5. The maximum Gasteiger partial charge on any atom is 0.156 e. The molecule has 3 aromatic heterocycles. The third kappa shape index (κ3) is 2.21. The lowest BCUT2D eigenvalue weighted by molar-refractivity contribution is 0.628. The molecule has 0 unspecified atom stereocenters. The van der Waals surface area contributed by atoms with Crippen molar-refractivity contribution in [1.82, 2.24) is 24.4 Å². The van der Waals surface area contributed by atoms with Crippen LogP contribution in [0.15, 0.2) is 42.6 Å². The Morgan fingerprint density at radius 3 is 2.54 bits per heavy atom. The Morgan fingerprint density at radius 1 is 1.04 bits per heavy atom. The van der Waals surface area contributed by atoms with Gasteiger partial charge in [-0.3, -0.25) is 4.68 Å². The van der Waals surface area contributed by atoms with Crippen LogP contribution in [0.25, 0.3) is 28.2 Å². The van der Waals surface area contributed by atoms with Gasteiger partial charge in [0.1, 0.15) is 17.3 Å². The van der Waals surface area contributed by atoms with Crippen molar-refractivity contribution in [2.24, 2.45) is 7.05 Å². The number of nitrogen functional groups attached to an aromatic ring is 1. The van der Waals surface area contributed by atoms with Crippen molar-refractivity contribution in [3.8, 4) is 22.5 Å². The van der Waals surface area contributed by atoms with E-state index in [9.17, 15) is 4.39 Å². The SMILES string of the molecule is Cc1c(N)nc2ccc(-c3cn(C)nc3-c3ccc(F)cc3)nn12. The fourth-order valence-corrected chi connectivity index (χ4v) is 2.70. The van der Waals surface area contributed by atoms with Gasteiger partial charge in [0.15, 0.2) is 5.65 Å². The van der Waals surface area contributed by atoms with E-state index in [0.29, 0.717) is 11.5 Å². The van der Waals surface area contributed by atoms with Gasteiger partial charge >= 0.3 is 0 Å². The standard InChI is InChI=1S/C17H15FN6/c1-10-17(19)20-15-8-7-14(21-24(10)15)13-9-23(2)22-16(13)11-3-5-12(18)6-4-11/h3-9H,19H2,1-2H3. The Labute approximate surface area is 137 Å². The molecule has 7 heteroatoms. The quantitative estimate of drug-likeness (QED) is 0.616. The Bertz CT molecular complexity index is 1050. The molecule has 0 saturated heterocycles. The number of hydrogen-bond donors (Lipinski definition) is 1. The number of imidazole rings is 1. The van der Waals surface area contributed by atoms with E-state index >= 15 is 0 Å². The molecule has 4 aromatic rings. The van der Waals surface area contributed by atoms with Crippen LogP contribution in [0.3, 0.4) is 0 Å². The Kier molecular flexibility index (Phi) is 3.09. The minimum absolute atomic E-state index is 0.278. The van der Waals surface area contributed by atoms with E-state index in [-0.39, 0.29) is 5.82 Å². The third-order valence-electron chi connectivity index (χ3n) is 3.96. The van der Waals surface area contributed by atoms with Gasteiger partial charge in [0, 0.05) is 24.4 Å². The van der Waals surface area contributed by atoms with Crippen molar-refractivity contribution in [3.63, 3.8) is 0 Å². The number of fused-ring (bicyclic) bond motifs is 1. The smallest absolute Gasteiger partial charge is 0.156 e. The van der Waals surface area contributed by atoms with Crippen LogP contribution in [0.5, 0.6) is 0 Å². The molecule has 1 aromatic carbocycles. The van der Waals surface area contributed by atoms with Crippen LogP contribution in [-0.2, 0) is 7.05 Å². The van der Waals surface area contributed by atoms with Crippen LogP contribution >= 0.6 is 0 Å². The zero-order chi connectivity index (χ0) is 16.8. The molecule has 4 rings (SSSR count). The summed E-state index contributed by atoms with van der Waals surface area (Å²) < 4.78 is 16.6. The highest BCUT2D eigenvalue weighted by atomic mass is 19.1. The lowest BCUT2D eigenvalue weighted by Crippen LogP contribution is -1.97. The molecule has 0 aliphatic rings. The molecule has 0 bridgehead atoms. The Balaban J connectivity index is 1.90. The lowest BCUT2D eigenvalue weighted by atomic mass is 10.1. The number of aryl methyl sites for hydroxylation is 2. The summed E-state index contributed by atoms with van der Waals surface area (Å²) in [5.41, 5.74) is 10.5. The topological polar surface area (TPSA) is 74.0 Å². The van der Waals surface area contributed by atoms with Gasteiger partial charge in [-0.1, -0.05) is 0 Å². The summed E-state index contributed by atoms with van der Waals surface area (Å²) >= 11 is 0. The molecule has 0 saturated carbocycles. The summed E-state index contributed by atoms with van der Waals surface area (Å²) in [5.74, 6) is 0.185. The van der Waals surface area contributed by atoms with Crippen LogP contribution in [-0.4, -0.2) is 24.4 Å². The van der Waals surface area contributed by atoms with Gasteiger partial charge in [0.25, 0.3) is 0 Å². The number of hydrogen-bond acceptors (Lipinski definition) is 4. The van der Waals surface area contributed by atoms with Gasteiger partial charge in [-0.05, 0) is 43.3 Å². The molecule has 0 spiro atoms. The number of rotatable bonds is 2. The van der Waals surface area contributed by atoms with Gasteiger partial charge in [0.2, 0.25) is 0 Å². The van der Waals surface area contributed by atoms with Crippen LogP contribution in [0.1, 0.15) is 5.69 Å². The highest BCUT2D eigenvalue weighted by molar-refractivity contribution is 5.78.